The van der Waals surface area contributed by atoms with Gasteiger partial charge in [-0.05, 0) is 19.1 Å². The number of halogens is 2. The van der Waals surface area contributed by atoms with Crippen molar-refractivity contribution in [3.8, 4) is 5.75 Å². The summed E-state index contributed by atoms with van der Waals surface area (Å²) in [5, 5.41) is 8.72. The summed E-state index contributed by atoms with van der Waals surface area (Å²) < 4.78 is 17.5. The fourth-order valence-corrected chi connectivity index (χ4v) is 1.12. The van der Waals surface area contributed by atoms with Crippen LogP contribution in [0.2, 0.25) is 5.02 Å². The molecule has 0 heterocycles. The highest BCUT2D eigenvalue weighted by Gasteiger charge is 2.13. The first-order chi connectivity index (χ1) is 6.56. The van der Waals surface area contributed by atoms with Crippen LogP contribution < -0.4 is 0 Å². The van der Waals surface area contributed by atoms with Crippen LogP contribution >= 0.6 is 11.6 Å². The van der Waals surface area contributed by atoms with E-state index in [1.807, 2.05) is 0 Å². The van der Waals surface area contributed by atoms with Gasteiger partial charge in [0.15, 0.2) is 11.6 Å². The van der Waals surface area contributed by atoms with Crippen molar-refractivity contribution >= 4 is 17.6 Å². The van der Waals surface area contributed by atoms with E-state index in [1.54, 1.807) is 6.92 Å². The molecule has 0 aliphatic heterocycles. The number of esters is 1. The third-order valence-electron chi connectivity index (χ3n) is 1.52. The molecule has 76 valence electrons. The van der Waals surface area contributed by atoms with E-state index in [-0.39, 0.29) is 17.2 Å². The zero-order valence-electron chi connectivity index (χ0n) is 7.38. The van der Waals surface area contributed by atoms with Gasteiger partial charge in [0, 0.05) is 0 Å². The minimum atomic E-state index is -0.945. The molecule has 0 atom stereocenters. The van der Waals surface area contributed by atoms with Crippen molar-refractivity contribution in [3.63, 3.8) is 0 Å². The molecule has 0 aliphatic carbocycles. The van der Waals surface area contributed by atoms with Crippen molar-refractivity contribution in [3.05, 3.63) is 28.5 Å². The van der Waals surface area contributed by atoms with Gasteiger partial charge in [0.1, 0.15) is 0 Å². The molecule has 1 N–H and O–H groups in total. The third kappa shape index (κ3) is 2.14. The first kappa shape index (κ1) is 10.8. The maximum Gasteiger partial charge on any atom is 0.338 e. The minimum absolute atomic E-state index is 0.0238. The largest absolute Gasteiger partial charge is 0.505 e. The molecule has 0 fully saturated rings. The number of carbonyl (C=O) groups excluding carboxylic acids is 1. The van der Waals surface area contributed by atoms with Crippen LogP contribution in [0.4, 0.5) is 4.39 Å². The fourth-order valence-electron chi connectivity index (χ4n) is 0.907. The number of hydrogen-bond donors (Lipinski definition) is 1. The van der Waals surface area contributed by atoms with Crippen LogP contribution in [0.1, 0.15) is 17.3 Å². The minimum Gasteiger partial charge on any atom is -0.505 e. The van der Waals surface area contributed by atoms with E-state index in [0.29, 0.717) is 0 Å². The Balaban J connectivity index is 3.06. The number of rotatable bonds is 2. The summed E-state index contributed by atoms with van der Waals surface area (Å²) in [4.78, 5) is 11.1. The molecule has 14 heavy (non-hydrogen) atoms. The highest BCUT2D eigenvalue weighted by atomic mass is 35.5. The average Bonchev–Trinajstić information content (AvgIpc) is 2.13. The molecule has 0 spiro atoms. The summed E-state index contributed by atoms with van der Waals surface area (Å²) in [5.74, 6) is -2.26. The van der Waals surface area contributed by atoms with Crippen LogP contribution in [0.5, 0.6) is 5.75 Å². The standard InChI is InChI=1S/C9H8ClFO3/c1-2-14-9(13)5-3-6(10)8(11)7(12)4-5/h3-4,12H,2H2,1H3. The van der Waals surface area contributed by atoms with Gasteiger partial charge < -0.3 is 9.84 Å². The van der Waals surface area contributed by atoms with E-state index >= 15 is 0 Å². The summed E-state index contributed by atoms with van der Waals surface area (Å²) in [6.45, 7) is 1.84. The van der Waals surface area contributed by atoms with E-state index in [0.717, 1.165) is 12.1 Å². The predicted molar refractivity (Wildman–Crippen MR) is 49.0 cm³/mol. The van der Waals surface area contributed by atoms with Gasteiger partial charge in [-0.25, -0.2) is 9.18 Å². The number of ether oxygens (including phenoxy) is 1. The third-order valence-corrected chi connectivity index (χ3v) is 1.80. The first-order valence-corrected chi connectivity index (χ1v) is 4.29. The zero-order chi connectivity index (χ0) is 10.7. The second-order valence-electron chi connectivity index (χ2n) is 2.51. The van der Waals surface area contributed by atoms with E-state index < -0.39 is 17.5 Å². The highest BCUT2D eigenvalue weighted by molar-refractivity contribution is 6.31. The Morgan fingerprint density at radius 3 is 2.79 bits per heavy atom. The lowest BCUT2D eigenvalue weighted by Gasteiger charge is -2.03. The molecular formula is C9H8ClFO3. The van der Waals surface area contributed by atoms with Gasteiger partial charge in [0.2, 0.25) is 0 Å². The van der Waals surface area contributed by atoms with Crippen LogP contribution in [0.25, 0.3) is 0 Å². The van der Waals surface area contributed by atoms with Gasteiger partial charge in [0.05, 0.1) is 17.2 Å². The summed E-state index contributed by atoms with van der Waals surface area (Å²) >= 11 is 5.42. The molecule has 1 rings (SSSR count). The Bertz CT molecular complexity index is 342. The molecular weight excluding hydrogens is 211 g/mol. The molecule has 0 aliphatic rings. The Labute approximate surface area is 85.1 Å². The van der Waals surface area contributed by atoms with E-state index in [9.17, 15) is 9.18 Å². The average molecular weight is 219 g/mol. The molecule has 1 aromatic rings. The molecule has 0 radical (unpaired) electrons. The monoisotopic (exact) mass is 218 g/mol. The Hall–Kier alpha value is -1.29. The Kier molecular flexibility index (Phi) is 3.30. The van der Waals surface area contributed by atoms with Crippen molar-refractivity contribution in [1.29, 1.82) is 0 Å². The predicted octanol–water partition coefficient (Wildman–Crippen LogP) is 2.36. The normalized spacial score (nSPS) is 9.93. The Morgan fingerprint density at radius 1 is 1.64 bits per heavy atom. The first-order valence-electron chi connectivity index (χ1n) is 3.91. The lowest BCUT2D eigenvalue weighted by molar-refractivity contribution is 0.0526. The molecule has 0 saturated carbocycles. The maximum absolute atomic E-state index is 12.8. The second-order valence-corrected chi connectivity index (χ2v) is 2.92. The topological polar surface area (TPSA) is 46.5 Å². The molecule has 1 aromatic carbocycles. The van der Waals surface area contributed by atoms with Gasteiger partial charge in [-0.2, -0.15) is 0 Å². The van der Waals surface area contributed by atoms with Crippen molar-refractivity contribution in [1.82, 2.24) is 0 Å². The van der Waals surface area contributed by atoms with Crippen molar-refractivity contribution in [2.75, 3.05) is 6.61 Å². The van der Waals surface area contributed by atoms with Gasteiger partial charge in [-0.3, -0.25) is 0 Å². The van der Waals surface area contributed by atoms with E-state index in [1.165, 1.54) is 0 Å². The highest BCUT2D eigenvalue weighted by Crippen LogP contribution is 2.25. The van der Waals surface area contributed by atoms with Crippen LogP contribution in [-0.4, -0.2) is 17.7 Å². The van der Waals surface area contributed by atoms with Crippen LogP contribution in [0.3, 0.4) is 0 Å². The van der Waals surface area contributed by atoms with Gasteiger partial charge in [-0.15, -0.1) is 0 Å². The zero-order valence-corrected chi connectivity index (χ0v) is 8.14. The number of benzene rings is 1. The van der Waals surface area contributed by atoms with Crippen molar-refractivity contribution in [2.24, 2.45) is 0 Å². The van der Waals surface area contributed by atoms with Crippen LogP contribution in [0, 0.1) is 5.82 Å². The van der Waals surface area contributed by atoms with E-state index in [4.69, 9.17) is 16.7 Å². The lowest BCUT2D eigenvalue weighted by Crippen LogP contribution is -2.04. The summed E-state index contributed by atoms with van der Waals surface area (Å²) in [6.07, 6.45) is 0. The summed E-state index contributed by atoms with van der Waals surface area (Å²) in [6, 6.07) is 2.08. The second kappa shape index (κ2) is 4.28. The fraction of sp³-hybridized carbons (Fsp3) is 0.222. The number of aromatic hydroxyl groups is 1. The summed E-state index contributed by atoms with van der Waals surface area (Å²) in [7, 11) is 0. The molecule has 0 aromatic heterocycles. The smallest absolute Gasteiger partial charge is 0.338 e. The molecule has 0 saturated heterocycles. The van der Waals surface area contributed by atoms with Crippen molar-refractivity contribution in [2.45, 2.75) is 6.92 Å². The lowest BCUT2D eigenvalue weighted by atomic mass is 10.2. The van der Waals surface area contributed by atoms with Crippen LogP contribution in [0.15, 0.2) is 12.1 Å². The molecule has 3 nitrogen and oxygen atoms in total. The van der Waals surface area contributed by atoms with Gasteiger partial charge in [-0.1, -0.05) is 11.6 Å². The SMILES string of the molecule is CCOC(=O)c1cc(O)c(F)c(Cl)c1. The summed E-state index contributed by atoms with van der Waals surface area (Å²) in [5.41, 5.74) is 0.0238. The number of hydrogen-bond acceptors (Lipinski definition) is 3. The number of phenolic OH excluding ortho intramolecular Hbond substituents is 1. The molecule has 0 amide bonds. The van der Waals surface area contributed by atoms with Crippen LogP contribution in [-0.2, 0) is 4.74 Å². The molecule has 0 bridgehead atoms. The number of phenols is 1. The van der Waals surface area contributed by atoms with Gasteiger partial charge in [0.25, 0.3) is 0 Å². The molecule has 5 heteroatoms. The van der Waals surface area contributed by atoms with E-state index in [2.05, 4.69) is 4.74 Å². The quantitative estimate of drug-likeness (QED) is 0.776. The van der Waals surface area contributed by atoms with Crippen molar-refractivity contribution < 1.29 is 19.0 Å². The Morgan fingerprint density at radius 2 is 2.29 bits per heavy atom. The number of carbonyl (C=O) groups is 1. The van der Waals surface area contributed by atoms with Gasteiger partial charge >= 0.3 is 5.97 Å². The molecule has 0 unspecified atom stereocenters. The maximum atomic E-state index is 12.8.